The fourth-order valence-electron chi connectivity index (χ4n) is 4.28. The fraction of sp³-hybridized carbons (Fsp3) is 0.0556. The standard InChI is InChI=1S/C36H26S2/c1-25-3-7-27(8-4-25)15-19-33-23-31-17-13-29(21-35(31)37-33)11-12-30-14-18-32-24-34(38-36(32)22-30)20-16-28-9-5-26(2)6-10-28/h3-10,13-24H,1-2H3/b19-15+,20-16+. The highest BCUT2D eigenvalue weighted by Crippen LogP contribution is 2.29. The molecule has 0 spiro atoms. The Morgan fingerprint density at radius 3 is 1.32 bits per heavy atom. The van der Waals surface area contributed by atoms with Crippen molar-refractivity contribution in [3.05, 3.63) is 140 Å². The Morgan fingerprint density at radius 2 is 0.895 bits per heavy atom. The van der Waals surface area contributed by atoms with Crippen LogP contribution < -0.4 is 0 Å². The van der Waals surface area contributed by atoms with Crippen LogP contribution in [0.15, 0.2) is 97.1 Å². The van der Waals surface area contributed by atoms with E-state index in [1.54, 1.807) is 22.7 Å². The van der Waals surface area contributed by atoms with Crippen LogP contribution in [-0.4, -0.2) is 0 Å². The maximum absolute atomic E-state index is 3.38. The molecule has 4 aromatic carbocycles. The molecule has 6 rings (SSSR count). The van der Waals surface area contributed by atoms with E-state index in [4.69, 9.17) is 0 Å². The highest BCUT2D eigenvalue weighted by atomic mass is 32.1. The minimum Gasteiger partial charge on any atom is -0.136 e. The van der Waals surface area contributed by atoms with E-state index in [2.05, 4.69) is 147 Å². The second-order valence-corrected chi connectivity index (χ2v) is 11.8. The number of aryl methyl sites for hydroxylation is 2. The first-order valence-corrected chi connectivity index (χ1v) is 14.3. The molecule has 0 nitrogen and oxygen atoms in total. The Bertz CT molecular complexity index is 1720. The summed E-state index contributed by atoms with van der Waals surface area (Å²) in [5, 5.41) is 2.52. The Hall–Kier alpha value is -4.16. The number of hydrogen-bond acceptors (Lipinski definition) is 2. The van der Waals surface area contributed by atoms with Gasteiger partial charge in [-0.2, -0.15) is 0 Å². The van der Waals surface area contributed by atoms with E-state index < -0.39 is 0 Å². The van der Waals surface area contributed by atoms with Crippen molar-refractivity contribution in [3.8, 4) is 11.8 Å². The van der Waals surface area contributed by atoms with Crippen LogP contribution in [-0.2, 0) is 0 Å². The summed E-state index contributed by atoms with van der Waals surface area (Å²) in [4.78, 5) is 2.50. The summed E-state index contributed by atoms with van der Waals surface area (Å²) in [6.07, 6.45) is 8.74. The van der Waals surface area contributed by atoms with Crippen LogP contribution in [0.25, 0.3) is 44.5 Å². The van der Waals surface area contributed by atoms with Crippen molar-refractivity contribution in [3.63, 3.8) is 0 Å². The molecule has 2 aromatic heterocycles. The fourth-order valence-corrected chi connectivity index (χ4v) is 6.29. The van der Waals surface area contributed by atoms with Gasteiger partial charge in [0.25, 0.3) is 0 Å². The zero-order chi connectivity index (χ0) is 25.9. The van der Waals surface area contributed by atoms with Crippen LogP contribution in [0.4, 0.5) is 0 Å². The predicted molar refractivity (Wildman–Crippen MR) is 170 cm³/mol. The minimum atomic E-state index is 1.04. The average molecular weight is 523 g/mol. The van der Waals surface area contributed by atoms with Crippen molar-refractivity contribution < 1.29 is 0 Å². The first-order chi connectivity index (χ1) is 18.6. The molecule has 6 aromatic rings. The van der Waals surface area contributed by atoms with Crippen molar-refractivity contribution in [2.75, 3.05) is 0 Å². The Labute approximate surface area is 232 Å². The van der Waals surface area contributed by atoms with E-state index in [0.29, 0.717) is 0 Å². The van der Waals surface area contributed by atoms with Gasteiger partial charge in [-0.1, -0.05) is 95.8 Å². The van der Waals surface area contributed by atoms with E-state index in [0.717, 1.165) is 11.1 Å². The molecule has 0 aliphatic carbocycles. The summed E-state index contributed by atoms with van der Waals surface area (Å²) < 4.78 is 2.53. The smallest absolute Gasteiger partial charge is 0.0361 e. The number of rotatable bonds is 4. The lowest BCUT2D eigenvalue weighted by Gasteiger charge is -1.93. The van der Waals surface area contributed by atoms with Gasteiger partial charge in [-0.3, -0.25) is 0 Å². The molecule has 2 heteroatoms. The quantitative estimate of drug-likeness (QED) is 0.202. The second-order valence-electron chi connectivity index (χ2n) is 9.54. The molecule has 0 unspecified atom stereocenters. The molecule has 2 heterocycles. The lowest BCUT2D eigenvalue weighted by atomic mass is 10.1. The minimum absolute atomic E-state index is 1.04. The van der Waals surface area contributed by atoms with E-state index >= 15 is 0 Å². The topological polar surface area (TPSA) is 0 Å². The third-order valence-corrected chi connectivity index (χ3v) is 8.59. The molecule has 38 heavy (non-hydrogen) atoms. The molecular weight excluding hydrogens is 497 g/mol. The van der Waals surface area contributed by atoms with E-state index in [1.807, 2.05) is 0 Å². The van der Waals surface area contributed by atoms with Crippen molar-refractivity contribution in [2.24, 2.45) is 0 Å². The second kappa shape index (κ2) is 10.7. The molecule has 182 valence electrons. The van der Waals surface area contributed by atoms with Crippen LogP contribution in [0.3, 0.4) is 0 Å². The van der Waals surface area contributed by atoms with Crippen molar-refractivity contribution in [1.29, 1.82) is 0 Å². The summed E-state index contributed by atoms with van der Waals surface area (Å²) in [5.41, 5.74) is 7.09. The maximum atomic E-state index is 3.38. The molecule has 0 saturated heterocycles. The van der Waals surface area contributed by atoms with Gasteiger partial charge in [-0.15, -0.1) is 22.7 Å². The van der Waals surface area contributed by atoms with Gasteiger partial charge < -0.3 is 0 Å². The molecule has 0 bridgehead atoms. The summed E-state index contributed by atoms with van der Waals surface area (Å²) in [6.45, 7) is 4.23. The van der Waals surface area contributed by atoms with Crippen molar-refractivity contribution in [2.45, 2.75) is 13.8 Å². The highest BCUT2D eigenvalue weighted by Gasteiger charge is 2.02. The van der Waals surface area contributed by atoms with Crippen LogP contribution in [0.1, 0.15) is 43.1 Å². The first kappa shape index (κ1) is 24.2. The van der Waals surface area contributed by atoms with E-state index in [1.165, 1.54) is 52.2 Å². The molecule has 0 saturated carbocycles. The van der Waals surface area contributed by atoms with Crippen LogP contribution in [0, 0.1) is 25.7 Å². The van der Waals surface area contributed by atoms with Crippen LogP contribution in [0.5, 0.6) is 0 Å². The lowest BCUT2D eigenvalue weighted by molar-refractivity contribution is 1.46. The summed E-state index contributed by atoms with van der Waals surface area (Å²) in [7, 11) is 0. The van der Waals surface area contributed by atoms with Gasteiger partial charge in [0.05, 0.1) is 0 Å². The van der Waals surface area contributed by atoms with Gasteiger partial charge in [-0.25, -0.2) is 0 Å². The Kier molecular flexibility index (Phi) is 6.80. The van der Waals surface area contributed by atoms with E-state index in [-0.39, 0.29) is 0 Å². The van der Waals surface area contributed by atoms with Crippen molar-refractivity contribution in [1.82, 2.24) is 0 Å². The van der Waals surface area contributed by atoms with Gasteiger partial charge in [0.1, 0.15) is 0 Å². The lowest BCUT2D eigenvalue weighted by Crippen LogP contribution is -1.75. The summed E-state index contributed by atoms with van der Waals surface area (Å²) in [6, 6.07) is 34.7. The zero-order valence-electron chi connectivity index (χ0n) is 21.4. The maximum Gasteiger partial charge on any atom is 0.0361 e. The zero-order valence-corrected chi connectivity index (χ0v) is 23.0. The third-order valence-electron chi connectivity index (χ3n) is 6.46. The number of benzene rings is 4. The Balaban J connectivity index is 1.19. The van der Waals surface area contributed by atoms with Crippen LogP contribution >= 0.6 is 22.7 Å². The SMILES string of the molecule is Cc1ccc(/C=C/c2cc3ccc(C#Cc4ccc5cc(/C=C/c6ccc(C)cc6)sc5c4)cc3s2)cc1. The molecule has 0 amide bonds. The number of thiophene rings is 2. The van der Waals surface area contributed by atoms with Gasteiger partial charge >= 0.3 is 0 Å². The number of hydrogen-bond donors (Lipinski definition) is 0. The molecule has 0 aliphatic rings. The monoisotopic (exact) mass is 522 g/mol. The highest BCUT2D eigenvalue weighted by molar-refractivity contribution is 7.20. The molecule has 0 fully saturated rings. The van der Waals surface area contributed by atoms with E-state index in [9.17, 15) is 0 Å². The van der Waals surface area contributed by atoms with Gasteiger partial charge in [0, 0.05) is 30.3 Å². The Morgan fingerprint density at radius 1 is 0.474 bits per heavy atom. The largest absolute Gasteiger partial charge is 0.136 e. The van der Waals surface area contributed by atoms with Crippen LogP contribution in [0.2, 0.25) is 0 Å². The summed E-state index contributed by atoms with van der Waals surface area (Å²) >= 11 is 3.61. The molecular formula is C36H26S2. The number of fused-ring (bicyclic) bond motifs is 2. The van der Waals surface area contributed by atoms with Gasteiger partial charge in [-0.05, 0) is 84.3 Å². The first-order valence-electron chi connectivity index (χ1n) is 12.7. The summed E-state index contributed by atoms with van der Waals surface area (Å²) in [5.74, 6) is 6.75. The normalized spacial score (nSPS) is 11.5. The third kappa shape index (κ3) is 5.71. The van der Waals surface area contributed by atoms with Gasteiger partial charge in [0.15, 0.2) is 0 Å². The van der Waals surface area contributed by atoms with Crippen molar-refractivity contribution >= 4 is 67.1 Å². The average Bonchev–Trinajstić information content (AvgIpc) is 3.54. The van der Waals surface area contributed by atoms with Gasteiger partial charge in [0.2, 0.25) is 0 Å². The molecule has 0 radical (unpaired) electrons. The molecule has 0 atom stereocenters. The molecule has 0 N–H and O–H groups in total. The molecule has 0 aliphatic heterocycles. The predicted octanol–water partition coefficient (Wildman–Crippen LogP) is 10.5.